The van der Waals surface area contributed by atoms with Crippen molar-refractivity contribution in [3.8, 4) is 0 Å². The predicted molar refractivity (Wildman–Crippen MR) is 75.9 cm³/mol. The first kappa shape index (κ1) is 14.1. The lowest BCUT2D eigenvalue weighted by Crippen LogP contribution is -2.25. The molecule has 0 unspecified atom stereocenters. The van der Waals surface area contributed by atoms with Gasteiger partial charge in [-0.1, -0.05) is 25.1 Å². The largest absolute Gasteiger partial charge is 0.465 e. The number of esters is 1. The number of rotatable bonds is 5. The van der Waals surface area contributed by atoms with Crippen LogP contribution in [0.4, 0.5) is 0 Å². The lowest BCUT2D eigenvalue weighted by Gasteiger charge is -2.07. The third-order valence-corrected chi connectivity index (χ3v) is 3.15. The van der Waals surface area contributed by atoms with Crippen LogP contribution in [0.25, 0.3) is 0 Å². The van der Waals surface area contributed by atoms with Gasteiger partial charge in [0.15, 0.2) is 0 Å². The minimum atomic E-state index is -0.387. The molecule has 2 rings (SSSR count). The molecule has 0 atom stereocenters. The van der Waals surface area contributed by atoms with Crippen molar-refractivity contribution in [2.75, 3.05) is 7.11 Å². The van der Waals surface area contributed by atoms with Crippen molar-refractivity contribution < 1.29 is 9.53 Å². The molecule has 0 radical (unpaired) electrons. The van der Waals surface area contributed by atoms with Gasteiger partial charge in [0.25, 0.3) is 0 Å². The maximum absolute atomic E-state index is 12.1. The highest BCUT2D eigenvalue weighted by Crippen LogP contribution is 2.11. The maximum atomic E-state index is 12.1. The van der Waals surface area contributed by atoms with Gasteiger partial charge in [-0.15, -0.1) is 0 Å². The van der Waals surface area contributed by atoms with E-state index in [-0.39, 0.29) is 11.7 Å². The molecule has 1 aromatic carbocycles. The molecular formula is C15H18N2O3. The van der Waals surface area contributed by atoms with Crippen molar-refractivity contribution >= 4 is 5.97 Å². The van der Waals surface area contributed by atoms with Gasteiger partial charge >= 0.3 is 11.7 Å². The lowest BCUT2D eigenvalue weighted by atomic mass is 10.1. The van der Waals surface area contributed by atoms with E-state index in [0.717, 1.165) is 12.0 Å². The molecule has 0 aliphatic rings. The highest BCUT2D eigenvalue weighted by atomic mass is 16.5. The number of hydrogen-bond acceptors (Lipinski definition) is 3. The SMILES string of the molecule is CCCn1ccn(Cc2ccccc2C(=O)OC)c1=O. The molecule has 0 saturated heterocycles. The zero-order chi connectivity index (χ0) is 14.5. The Bertz CT molecular complexity index is 655. The number of aryl methyl sites for hydroxylation is 1. The standard InChI is InChI=1S/C15H18N2O3/c1-3-8-16-9-10-17(15(16)19)11-12-6-4-5-7-13(12)14(18)20-2/h4-7,9-10H,3,8,11H2,1-2H3. The highest BCUT2D eigenvalue weighted by molar-refractivity contribution is 5.90. The summed E-state index contributed by atoms with van der Waals surface area (Å²) in [5.74, 6) is -0.387. The van der Waals surface area contributed by atoms with Crippen molar-refractivity contribution in [2.45, 2.75) is 26.4 Å². The molecule has 0 aliphatic carbocycles. The number of ether oxygens (including phenoxy) is 1. The average Bonchev–Trinajstić information content (AvgIpc) is 2.81. The quantitative estimate of drug-likeness (QED) is 0.782. The Labute approximate surface area is 117 Å². The van der Waals surface area contributed by atoms with Gasteiger partial charge in [0.1, 0.15) is 0 Å². The first-order valence-corrected chi connectivity index (χ1v) is 6.59. The van der Waals surface area contributed by atoms with E-state index >= 15 is 0 Å². The van der Waals surface area contributed by atoms with E-state index in [9.17, 15) is 9.59 Å². The summed E-state index contributed by atoms with van der Waals surface area (Å²) >= 11 is 0. The molecule has 0 spiro atoms. The van der Waals surface area contributed by atoms with Crippen LogP contribution in [0.15, 0.2) is 41.5 Å². The highest BCUT2D eigenvalue weighted by Gasteiger charge is 2.12. The summed E-state index contributed by atoms with van der Waals surface area (Å²) in [7, 11) is 1.35. The Hall–Kier alpha value is -2.30. The first-order valence-electron chi connectivity index (χ1n) is 6.59. The molecule has 5 nitrogen and oxygen atoms in total. The number of carbonyl (C=O) groups is 1. The third kappa shape index (κ3) is 2.82. The molecule has 5 heteroatoms. The summed E-state index contributed by atoms with van der Waals surface area (Å²) in [6.07, 6.45) is 4.42. The molecule has 1 heterocycles. The second-order valence-electron chi connectivity index (χ2n) is 4.55. The van der Waals surface area contributed by atoms with Crippen LogP contribution in [-0.4, -0.2) is 22.2 Å². The van der Waals surface area contributed by atoms with Crippen molar-refractivity contribution in [3.05, 3.63) is 58.3 Å². The third-order valence-electron chi connectivity index (χ3n) is 3.15. The van der Waals surface area contributed by atoms with E-state index in [2.05, 4.69) is 0 Å². The van der Waals surface area contributed by atoms with Gasteiger partial charge < -0.3 is 4.74 Å². The van der Waals surface area contributed by atoms with Crippen LogP contribution in [0.1, 0.15) is 29.3 Å². The number of imidazole rings is 1. The first-order chi connectivity index (χ1) is 9.67. The fourth-order valence-electron chi connectivity index (χ4n) is 2.14. The molecule has 0 amide bonds. The van der Waals surface area contributed by atoms with Crippen molar-refractivity contribution in [1.29, 1.82) is 0 Å². The van der Waals surface area contributed by atoms with Crippen LogP contribution in [-0.2, 0) is 17.8 Å². The number of nitrogens with zero attached hydrogens (tertiary/aromatic N) is 2. The fourth-order valence-corrected chi connectivity index (χ4v) is 2.14. The molecular weight excluding hydrogens is 256 g/mol. The van der Waals surface area contributed by atoms with Gasteiger partial charge in [0.05, 0.1) is 19.2 Å². The summed E-state index contributed by atoms with van der Waals surface area (Å²) in [6.45, 7) is 3.08. The molecule has 0 saturated carbocycles. The van der Waals surface area contributed by atoms with E-state index < -0.39 is 0 Å². The zero-order valence-electron chi connectivity index (χ0n) is 11.7. The van der Waals surface area contributed by atoms with Crippen LogP contribution in [0.2, 0.25) is 0 Å². The fraction of sp³-hybridized carbons (Fsp3) is 0.333. The molecule has 0 bridgehead atoms. The summed E-state index contributed by atoms with van der Waals surface area (Å²) in [4.78, 5) is 23.8. The Kier molecular flexibility index (Phi) is 4.40. The molecule has 20 heavy (non-hydrogen) atoms. The smallest absolute Gasteiger partial charge is 0.338 e. The minimum absolute atomic E-state index is 0.0634. The number of carbonyl (C=O) groups excluding carboxylic acids is 1. The average molecular weight is 274 g/mol. The molecule has 1 aromatic heterocycles. The predicted octanol–water partition coefficient (Wildman–Crippen LogP) is 1.89. The van der Waals surface area contributed by atoms with Crippen LogP contribution >= 0.6 is 0 Å². The van der Waals surface area contributed by atoms with Gasteiger partial charge in [-0.25, -0.2) is 9.59 Å². The Morgan fingerprint density at radius 2 is 1.90 bits per heavy atom. The Morgan fingerprint density at radius 1 is 1.20 bits per heavy atom. The van der Waals surface area contributed by atoms with Crippen LogP contribution in [0.3, 0.4) is 0 Å². The van der Waals surface area contributed by atoms with Gasteiger partial charge in [-0.2, -0.15) is 0 Å². The van der Waals surface area contributed by atoms with E-state index in [1.807, 2.05) is 19.1 Å². The summed E-state index contributed by atoms with van der Waals surface area (Å²) in [6, 6.07) is 7.15. The molecule has 0 aliphatic heterocycles. The number of benzene rings is 1. The van der Waals surface area contributed by atoms with E-state index in [1.54, 1.807) is 33.7 Å². The van der Waals surface area contributed by atoms with Crippen LogP contribution in [0, 0.1) is 0 Å². The lowest BCUT2D eigenvalue weighted by molar-refractivity contribution is 0.0599. The summed E-state index contributed by atoms with van der Waals surface area (Å²) < 4.78 is 8.02. The Morgan fingerprint density at radius 3 is 2.60 bits per heavy atom. The minimum Gasteiger partial charge on any atom is -0.465 e. The van der Waals surface area contributed by atoms with Gasteiger partial charge in [0, 0.05) is 18.9 Å². The number of hydrogen-bond donors (Lipinski definition) is 0. The molecule has 0 fully saturated rings. The normalized spacial score (nSPS) is 10.5. The topological polar surface area (TPSA) is 53.2 Å². The number of aromatic nitrogens is 2. The van der Waals surface area contributed by atoms with Crippen LogP contribution < -0.4 is 5.69 Å². The van der Waals surface area contributed by atoms with Crippen LogP contribution in [0.5, 0.6) is 0 Å². The molecule has 106 valence electrons. The van der Waals surface area contributed by atoms with E-state index in [1.165, 1.54) is 7.11 Å². The van der Waals surface area contributed by atoms with Gasteiger partial charge in [-0.05, 0) is 18.1 Å². The zero-order valence-corrected chi connectivity index (χ0v) is 11.7. The second kappa shape index (κ2) is 6.23. The monoisotopic (exact) mass is 274 g/mol. The molecule has 0 N–H and O–H groups in total. The summed E-state index contributed by atoms with van der Waals surface area (Å²) in [5.41, 5.74) is 1.20. The maximum Gasteiger partial charge on any atom is 0.338 e. The number of methoxy groups -OCH3 is 1. The van der Waals surface area contributed by atoms with E-state index in [4.69, 9.17) is 4.74 Å². The summed E-state index contributed by atoms with van der Waals surface area (Å²) in [5, 5.41) is 0. The Balaban J connectivity index is 2.31. The van der Waals surface area contributed by atoms with Crippen molar-refractivity contribution in [3.63, 3.8) is 0 Å². The second-order valence-corrected chi connectivity index (χ2v) is 4.55. The molecule has 2 aromatic rings. The van der Waals surface area contributed by atoms with Crippen molar-refractivity contribution in [2.24, 2.45) is 0 Å². The van der Waals surface area contributed by atoms with Crippen molar-refractivity contribution in [1.82, 2.24) is 9.13 Å². The van der Waals surface area contributed by atoms with E-state index in [0.29, 0.717) is 18.7 Å². The van der Waals surface area contributed by atoms with Gasteiger partial charge in [-0.3, -0.25) is 9.13 Å². The van der Waals surface area contributed by atoms with Gasteiger partial charge in [0.2, 0.25) is 0 Å².